The maximum atomic E-state index is 14.9. The van der Waals surface area contributed by atoms with E-state index in [9.17, 15) is 32.3 Å². The molecule has 0 aliphatic rings. The minimum Gasteiger partial charge on any atom is -0.384 e. The molecule has 4 aromatic rings. The fraction of sp³-hybridized carbons (Fsp3) is 0.192. The quantitative estimate of drug-likeness (QED) is 0.304. The molecule has 0 bridgehead atoms. The number of carbonyl (C=O) groups is 2. The lowest BCUT2D eigenvalue weighted by Crippen LogP contribution is -2.32. The molecule has 2 aromatic carbocycles. The molecular formula is C26H22F4N6O3. The van der Waals surface area contributed by atoms with Crippen LogP contribution in [0.15, 0.2) is 60.9 Å². The monoisotopic (exact) mass is 542 g/mol. The molecule has 4 rings (SSSR count). The van der Waals surface area contributed by atoms with E-state index in [1.807, 2.05) is 0 Å². The van der Waals surface area contributed by atoms with Crippen molar-refractivity contribution in [1.29, 1.82) is 0 Å². The van der Waals surface area contributed by atoms with Crippen LogP contribution in [0.25, 0.3) is 22.5 Å². The van der Waals surface area contributed by atoms with Gasteiger partial charge in [0.15, 0.2) is 0 Å². The zero-order valence-corrected chi connectivity index (χ0v) is 20.6. The molecule has 39 heavy (non-hydrogen) atoms. The summed E-state index contributed by atoms with van der Waals surface area (Å²) >= 11 is 0. The second-order valence-corrected chi connectivity index (χ2v) is 8.51. The van der Waals surface area contributed by atoms with Crippen LogP contribution in [-0.2, 0) is 24.6 Å². The lowest BCUT2D eigenvalue weighted by Gasteiger charge is -2.16. The topological polar surface area (TPSA) is 122 Å². The summed E-state index contributed by atoms with van der Waals surface area (Å²) in [6.07, 6.45) is -3.48. The number of alkyl halides is 3. The van der Waals surface area contributed by atoms with Gasteiger partial charge in [0.05, 0.1) is 40.9 Å². The number of halogens is 4. The number of aromatic nitrogens is 4. The lowest BCUT2D eigenvalue weighted by molar-refractivity contribution is -0.137. The molecule has 13 heteroatoms. The van der Waals surface area contributed by atoms with Crippen molar-refractivity contribution in [3.8, 4) is 22.5 Å². The molecule has 0 fully saturated rings. The smallest absolute Gasteiger partial charge is 0.384 e. The largest absolute Gasteiger partial charge is 0.417 e. The zero-order valence-electron chi connectivity index (χ0n) is 20.6. The Hall–Kier alpha value is -4.65. The van der Waals surface area contributed by atoms with Gasteiger partial charge in [0.2, 0.25) is 5.91 Å². The summed E-state index contributed by atoms with van der Waals surface area (Å²) in [7, 11) is 1.51. The van der Waals surface area contributed by atoms with Gasteiger partial charge in [-0.3, -0.25) is 14.3 Å². The highest BCUT2D eigenvalue weighted by molar-refractivity contribution is 6.06. The van der Waals surface area contributed by atoms with Crippen LogP contribution >= 0.6 is 0 Å². The van der Waals surface area contributed by atoms with Crippen molar-refractivity contribution in [2.45, 2.75) is 25.7 Å². The Morgan fingerprint density at radius 1 is 1.13 bits per heavy atom. The fourth-order valence-corrected chi connectivity index (χ4v) is 3.67. The molecule has 1 atom stereocenters. The van der Waals surface area contributed by atoms with Crippen LogP contribution in [0.2, 0.25) is 0 Å². The highest BCUT2D eigenvalue weighted by atomic mass is 19.4. The number of carbonyl (C=O) groups excluding carboxylic acids is 2. The highest BCUT2D eigenvalue weighted by Gasteiger charge is 2.36. The first-order valence-corrected chi connectivity index (χ1v) is 11.5. The second kappa shape index (κ2) is 11.0. The summed E-state index contributed by atoms with van der Waals surface area (Å²) < 4.78 is 57.2. The average Bonchev–Trinajstić information content (AvgIpc) is 3.33. The molecule has 0 spiro atoms. The van der Waals surface area contributed by atoms with E-state index in [4.69, 9.17) is 0 Å². The summed E-state index contributed by atoms with van der Waals surface area (Å²) in [5, 5.41) is 18.3. The number of aryl methyl sites for hydroxylation is 1. The minimum atomic E-state index is -4.89. The lowest BCUT2D eigenvalue weighted by atomic mass is 9.99. The van der Waals surface area contributed by atoms with E-state index >= 15 is 0 Å². The number of nitrogens with one attached hydrogen (secondary N) is 2. The number of hydrogen-bond acceptors (Lipinski definition) is 6. The Balaban J connectivity index is 1.72. The third-order valence-electron chi connectivity index (χ3n) is 5.58. The van der Waals surface area contributed by atoms with Crippen LogP contribution in [0, 0.1) is 5.82 Å². The van der Waals surface area contributed by atoms with E-state index in [0.29, 0.717) is 5.56 Å². The van der Waals surface area contributed by atoms with Gasteiger partial charge in [-0.2, -0.15) is 18.3 Å². The summed E-state index contributed by atoms with van der Waals surface area (Å²) in [6, 6.07) is 10.9. The van der Waals surface area contributed by atoms with E-state index in [1.54, 1.807) is 30.3 Å². The molecule has 0 saturated carbocycles. The van der Waals surface area contributed by atoms with E-state index in [1.165, 1.54) is 37.1 Å². The van der Waals surface area contributed by atoms with Crippen LogP contribution in [0.1, 0.15) is 28.7 Å². The van der Waals surface area contributed by atoms with Gasteiger partial charge in [-0.15, -0.1) is 0 Å². The zero-order chi connectivity index (χ0) is 28.3. The van der Waals surface area contributed by atoms with Crippen molar-refractivity contribution in [3.05, 3.63) is 83.7 Å². The number of amides is 2. The Kier molecular flexibility index (Phi) is 7.72. The third-order valence-corrected chi connectivity index (χ3v) is 5.58. The van der Waals surface area contributed by atoms with Crippen molar-refractivity contribution in [2.24, 2.45) is 7.05 Å². The van der Waals surface area contributed by atoms with Crippen LogP contribution in [0.5, 0.6) is 0 Å². The number of aliphatic hydroxyl groups excluding tert-OH is 1. The normalized spacial score (nSPS) is 12.2. The van der Waals surface area contributed by atoms with Gasteiger partial charge in [0, 0.05) is 24.4 Å². The van der Waals surface area contributed by atoms with Crippen molar-refractivity contribution >= 4 is 17.5 Å². The summed E-state index contributed by atoms with van der Waals surface area (Å²) in [6.45, 7) is 1.17. The molecule has 0 radical (unpaired) electrons. The van der Waals surface area contributed by atoms with Gasteiger partial charge in [-0.05, 0) is 25.1 Å². The summed E-state index contributed by atoms with van der Waals surface area (Å²) in [5.41, 5.74) is -1.65. The van der Waals surface area contributed by atoms with Crippen LogP contribution in [0.4, 0.5) is 23.2 Å². The maximum absolute atomic E-state index is 14.9. The molecule has 9 nitrogen and oxygen atoms in total. The molecule has 0 aliphatic heterocycles. The second-order valence-electron chi connectivity index (χ2n) is 8.51. The number of benzene rings is 2. The first-order chi connectivity index (χ1) is 18.4. The number of nitrogens with zero attached hydrogens (tertiary/aromatic N) is 4. The van der Waals surface area contributed by atoms with Crippen molar-refractivity contribution in [3.63, 3.8) is 0 Å². The first-order valence-electron chi connectivity index (χ1n) is 11.5. The Morgan fingerprint density at radius 3 is 2.46 bits per heavy atom. The molecule has 0 unspecified atom stereocenters. The third kappa shape index (κ3) is 6.26. The Bertz CT molecular complexity index is 1520. The van der Waals surface area contributed by atoms with Crippen LogP contribution in [-0.4, -0.2) is 42.8 Å². The Morgan fingerprint density at radius 2 is 1.85 bits per heavy atom. The van der Waals surface area contributed by atoms with Crippen molar-refractivity contribution in [2.75, 3.05) is 5.32 Å². The summed E-state index contributed by atoms with van der Waals surface area (Å²) in [4.78, 5) is 33.3. The molecule has 202 valence electrons. The summed E-state index contributed by atoms with van der Waals surface area (Å²) in [5.74, 6) is -2.90. The van der Waals surface area contributed by atoms with Crippen molar-refractivity contribution < 1.29 is 32.3 Å². The standard InChI is InChI=1S/C26H22F4N6O3/c1-14(37)24(38)32-13-22-31-12-21(23(34-22)15-6-4-3-5-7-15)33-25(39)17-10-16(20-8-9-36(2)35-20)18(11-19(17)27)26(28,29)30/h3-12,14,37H,13H2,1-2H3,(H,32,38)(H,33,39)/t14-/m1/s1. The first kappa shape index (κ1) is 27.4. The number of anilines is 1. The van der Waals surface area contributed by atoms with E-state index < -0.39 is 46.6 Å². The minimum absolute atomic E-state index is 0.0514. The number of aliphatic hydroxyl groups is 1. The predicted molar refractivity (Wildman–Crippen MR) is 133 cm³/mol. The van der Waals surface area contributed by atoms with E-state index in [-0.39, 0.29) is 35.5 Å². The van der Waals surface area contributed by atoms with Crippen LogP contribution < -0.4 is 10.6 Å². The predicted octanol–water partition coefficient (Wildman–Crippen LogP) is 3.95. The van der Waals surface area contributed by atoms with Gasteiger partial charge in [0.1, 0.15) is 17.7 Å². The molecule has 2 amide bonds. The average molecular weight is 542 g/mol. The van der Waals surface area contributed by atoms with Gasteiger partial charge in [-0.1, -0.05) is 30.3 Å². The van der Waals surface area contributed by atoms with Gasteiger partial charge in [0.25, 0.3) is 5.91 Å². The highest BCUT2D eigenvalue weighted by Crippen LogP contribution is 2.38. The number of rotatable bonds is 7. The molecule has 3 N–H and O–H groups in total. The van der Waals surface area contributed by atoms with Gasteiger partial charge >= 0.3 is 6.18 Å². The van der Waals surface area contributed by atoms with E-state index in [2.05, 4.69) is 25.7 Å². The molecule has 0 saturated heterocycles. The van der Waals surface area contributed by atoms with Gasteiger partial charge < -0.3 is 15.7 Å². The number of hydrogen-bond donors (Lipinski definition) is 3. The maximum Gasteiger partial charge on any atom is 0.417 e. The van der Waals surface area contributed by atoms with E-state index in [0.717, 1.165) is 6.07 Å². The molecular weight excluding hydrogens is 520 g/mol. The Labute approximate surface area is 219 Å². The van der Waals surface area contributed by atoms with Gasteiger partial charge in [-0.25, -0.2) is 14.4 Å². The molecule has 0 aliphatic carbocycles. The van der Waals surface area contributed by atoms with Crippen molar-refractivity contribution in [1.82, 2.24) is 25.1 Å². The van der Waals surface area contributed by atoms with Crippen LogP contribution in [0.3, 0.4) is 0 Å². The fourth-order valence-electron chi connectivity index (χ4n) is 3.67. The molecule has 2 aromatic heterocycles. The molecule has 2 heterocycles. The SMILES string of the molecule is C[C@@H](O)C(=O)NCc1ncc(NC(=O)c2cc(-c3ccn(C)n3)c(C(F)(F)F)cc2F)c(-c2ccccc2)n1.